The molecular weight excluding hydrogens is 565 g/mol. The number of halogens is 5. The summed E-state index contributed by atoms with van der Waals surface area (Å²) in [4.78, 5) is 25.1. The Hall–Kier alpha value is -3.34. The van der Waals surface area contributed by atoms with Gasteiger partial charge in [-0.25, -0.2) is 17.2 Å². The highest BCUT2D eigenvalue weighted by atomic mass is 32.2. The number of aromatic nitrogens is 1. The lowest BCUT2D eigenvalue weighted by Crippen LogP contribution is -2.45. The molecule has 3 aromatic rings. The van der Waals surface area contributed by atoms with E-state index in [1.807, 2.05) is 0 Å². The van der Waals surface area contributed by atoms with Crippen molar-refractivity contribution in [2.45, 2.75) is 60.5 Å². The number of pyridine rings is 1. The first-order chi connectivity index (χ1) is 19.1. The number of Topliss-reactive ketones (excluding diaryl/α,β-unsaturated/α-hetero) is 1. The average Bonchev–Trinajstić information content (AvgIpc) is 3.29. The minimum atomic E-state index is -5.17. The summed E-state index contributed by atoms with van der Waals surface area (Å²) >= 11 is 0. The quantitative estimate of drug-likeness (QED) is 0.194. The summed E-state index contributed by atoms with van der Waals surface area (Å²) in [6, 6.07) is 10.4. The van der Waals surface area contributed by atoms with Crippen LogP contribution < -0.4 is 5.56 Å². The van der Waals surface area contributed by atoms with Crippen LogP contribution in [0.15, 0.2) is 70.5 Å². The lowest BCUT2D eigenvalue weighted by molar-refractivity contribution is -0.228. The second-order valence-electron chi connectivity index (χ2n) is 11.2. The van der Waals surface area contributed by atoms with E-state index in [1.165, 1.54) is 29.0 Å². The summed E-state index contributed by atoms with van der Waals surface area (Å²) in [5, 5.41) is 0. The number of aryl methyl sites for hydroxylation is 2. The molecule has 5 nitrogen and oxygen atoms in total. The third-order valence-electron chi connectivity index (χ3n) is 8.89. The maximum Gasteiger partial charge on any atom is 0.426 e. The molecule has 0 N–H and O–H groups in total. The van der Waals surface area contributed by atoms with E-state index in [4.69, 9.17) is 0 Å². The summed E-state index contributed by atoms with van der Waals surface area (Å²) in [6.45, 7) is 0.430. The van der Waals surface area contributed by atoms with Gasteiger partial charge in [-0.3, -0.25) is 9.59 Å². The zero-order valence-electron chi connectivity index (χ0n) is 22.3. The molecule has 1 heterocycles. The van der Waals surface area contributed by atoms with Crippen molar-refractivity contribution in [1.82, 2.24) is 4.57 Å². The van der Waals surface area contributed by atoms with Gasteiger partial charge < -0.3 is 4.57 Å². The third-order valence-corrected chi connectivity index (χ3v) is 11.5. The van der Waals surface area contributed by atoms with Gasteiger partial charge in [0.1, 0.15) is 10.6 Å². The molecule has 0 spiro atoms. The van der Waals surface area contributed by atoms with E-state index in [0.717, 1.165) is 36.4 Å². The van der Waals surface area contributed by atoms with Crippen molar-refractivity contribution in [3.63, 3.8) is 0 Å². The molecule has 1 fully saturated rings. The van der Waals surface area contributed by atoms with Gasteiger partial charge in [-0.05, 0) is 91.5 Å². The van der Waals surface area contributed by atoms with Crippen LogP contribution in [-0.2, 0) is 33.7 Å². The molecule has 1 aromatic heterocycles. The van der Waals surface area contributed by atoms with E-state index in [2.05, 4.69) is 0 Å². The van der Waals surface area contributed by atoms with E-state index >= 15 is 0 Å². The zero-order chi connectivity index (χ0) is 30.0. The SMILES string of the molecule is Cn1ccc(C(=O)C[C@@H]2CC[C@@]3(S(=O)(=O)c4ccc(F)cc4)c4ccc(C(C)(F)C(F)(F)F)cc4CC[C@@H]23)cc1=O. The Bertz CT molecular complexity index is 1680. The van der Waals surface area contributed by atoms with Crippen LogP contribution in [0.2, 0.25) is 0 Å². The number of rotatable bonds is 6. The largest absolute Gasteiger partial charge is 0.426 e. The van der Waals surface area contributed by atoms with Gasteiger partial charge in [-0.1, -0.05) is 18.2 Å². The van der Waals surface area contributed by atoms with Crippen molar-refractivity contribution >= 4 is 15.6 Å². The second-order valence-corrected chi connectivity index (χ2v) is 13.4. The van der Waals surface area contributed by atoms with Gasteiger partial charge in [0, 0.05) is 31.3 Å². The molecule has 0 saturated heterocycles. The average molecular weight is 594 g/mol. The van der Waals surface area contributed by atoms with Crippen LogP contribution in [-0.4, -0.2) is 24.9 Å². The number of carbonyl (C=O) groups is 1. The van der Waals surface area contributed by atoms with Crippen LogP contribution in [0.3, 0.4) is 0 Å². The van der Waals surface area contributed by atoms with Crippen LogP contribution in [0, 0.1) is 17.7 Å². The number of hydrogen-bond donors (Lipinski definition) is 0. The number of carbonyl (C=O) groups excluding carboxylic acids is 1. The minimum Gasteiger partial charge on any atom is -0.319 e. The van der Waals surface area contributed by atoms with Crippen LogP contribution in [0.1, 0.15) is 59.7 Å². The maximum absolute atomic E-state index is 14.9. The molecule has 0 radical (unpaired) electrons. The zero-order valence-corrected chi connectivity index (χ0v) is 23.2. The van der Waals surface area contributed by atoms with Crippen molar-refractivity contribution in [3.05, 3.63) is 99.2 Å². The van der Waals surface area contributed by atoms with E-state index in [9.17, 15) is 40.0 Å². The van der Waals surface area contributed by atoms with Crippen molar-refractivity contribution in [2.24, 2.45) is 18.9 Å². The van der Waals surface area contributed by atoms with Gasteiger partial charge in [0.05, 0.1) is 4.90 Å². The van der Waals surface area contributed by atoms with Crippen LogP contribution >= 0.6 is 0 Å². The van der Waals surface area contributed by atoms with Crippen LogP contribution in [0.5, 0.6) is 0 Å². The van der Waals surface area contributed by atoms with Gasteiger partial charge in [0.2, 0.25) is 5.67 Å². The topological polar surface area (TPSA) is 73.2 Å². The van der Waals surface area contributed by atoms with E-state index < -0.39 is 49.6 Å². The molecular formula is C30H28F5NO4S. The number of hydrogen-bond acceptors (Lipinski definition) is 4. The molecule has 41 heavy (non-hydrogen) atoms. The number of nitrogens with zero attached hydrogens (tertiary/aromatic N) is 1. The molecule has 11 heteroatoms. The number of benzene rings is 2. The standard InChI is InChI=1S/C30H28F5NO4S/c1-28(32,30(33,34)35)21-4-10-25-18(15-21)3-9-24-19(16-26(37)20-12-14-36(2)27(38)17-20)11-13-29(24,25)41(39,40)23-7-5-22(31)6-8-23/h4-8,10,12,14-15,17,19,24H,3,9,11,13,16H2,1-2H3/t19-,24-,28?,29-/m0/s1. The Morgan fingerprint density at radius 1 is 1.02 bits per heavy atom. The number of fused-ring (bicyclic) bond motifs is 3. The van der Waals surface area contributed by atoms with Gasteiger partial charge in [0.25, 0.3) is 5.56 Å². The number of sulfone groups is 1. The normalized spacial score (nSPS) is 23.9. The Morgan fingerprint density at radius 2 is 1.71 bits per heavy atom. The van der Waals surface area contributed by atoms with Crippen molar-refractivity contribution < 1.29 is 35.2 Å². The number of ketones is 1. The molecule has 0 bridgehead atoms. The summed E-state index contributed by atoms with van der Waals surface area (Å²) in [7, 11) is -2.71. The lowest BCUT2D eigenvalue weighted by atomic mass is 9.71. The molecule has 1 unspecified atom stereocenters. The van der Waals surface area contributed by atoms with Crippen molar-refractivity contribution in [2.75, 3.05) is 0 Å². The van der Waals surface area contributed by atoms with E-state index in [1.54, 1.807) is 7.05 Å². The van der Waals surface area contributed by atoms with E-state index in [0.29, 0.717) is 18.9 Å². The fourth-order valence-electron chi connectivity index (χ4n) is 6.58. The summed E-state index contributed by atoms with van der Waals surface area (Å²) in [5.74, 6) is -1.95. The Balaban J connectivity index is 1.61. The molecule has 5 rings (SSSR count). The highest BCUT2D eigenvalue weighted by Crippen LogP contribution is 2.60. The van der Waals surface area contributed by atoms with E-state index in [-0.39, 0.29) is 53.0 Å². The summed E-state index contributed by atoms with van der Waals surface area (Å²) in [6.07, 6.45) is -2.90. The predicted molar refractivity (Wildman–Crippen MR) is 141 cm³/mol. The second kappa shape index (κ2) is 9.89. The maximum atomic E-state index is 14.9. The Kier molecular flexibility index (Phi) is 7.03. The monoisotopic (exact) mass is 593 g/mol. The van der Waals surface area contributed by atoms with Crippen LogP contribution in [0.4, 0.5) is 22.0 Å². The van der Waals surface area contributed by atoms with Gasteiger partial charge >= 0.3 is 6.18 Å². The minimum absolute atomic E-state index is 0.0252. The molecule has 0 aliphatic heterocycles. The molecule has 4 atom stereocenters. The molecule has 2 aliphatic rings. The first-order valence-corrected chi connectivity index (χ1v) is 14.7. The van der Waals surface area contributed by atoms with Gasteiger partial charge in [0.15, 0.2) is 15.6 Å². The van der Waals surface area contributed by atoms with Gasteiger partial charge in [-0.15, -0.1) is 0 Å². The molecule has 1 saturated carbocycles. The molecule has 218 valence electrons. The molecule has 2 aliphatic carbocycles. The van der Waals surface area contributed by atoms with Crippen LogP contribution in [0.25, 0.3) is 0 Å². The molecule has 0 amide bonds. The number of alkyl halides is 4. The first kappa shape index (κ1) is 29.2. The smallest absolute Gasteiger partial charge is 0.319 e. The Labute approximate surface area is 233 Å². The third kappa shape index (κ3) is 4.62. The fraction of sp³-hybridized carbons (Fsp3) is 0.400. The highest BCUT2D eigenvalue weighted by Gasteiger charge is 2.61. The fourth-order valence-corrected chi connectivity index (χ4v) is 9.07. The van der Waals surface area contributed by atoms with Gasteiger partial charge in [-0.2, -0.15) is 13.2 Å². The van der Waals surface area contributed by atoms with Crippen molar-refractivity contribution in [3.8, 4) is 0 Å². The Morgan fingerprint density at radius 3 is 2.34 bits per heavy atom. The predicted octanol–water partition coefficient (Wildman–Crippen LogP) is 6.19. The highest BCUT2D eigenvalue weighted by molar-refractivity contribution is 7.92. The first-order valence-electron chi connectivity index (χ1n) is 13.2. The van der Waals surface area contributed by atoms with Crippen molar-refractivity contribution in [1.29, 1.82) is 0 Å². The summed E-state index contributed by atoms with van der Waals surface area (Å²) in [5.41, 5.74) is -3.83. The molecule has 2 aromatic carbocycles. The lowest BCUT2D eigenvalue weighted by Gasteiger charge is -2.43. The summed E-state index contributed by atoms with van der Waals surface area (Å²) < 4.78 is 97.5.